The number of halogens is 2. The SMILES string of the molecule is C=C(C)C(=O)OCCCc1cc(-c2ccc(-c3ccc(C4CCC(C)CC4)cc3F)cc2F)cc(CCCOC(=O)C(=C)C)c1OCCC(CO)(CO)CCC. The van der Waals surface area contributed by atoms with E-state index in [-0.39, 0.29) is 38.9 Å². The zero-order valence-electron chi connectivity index (χ0n) is 33.7. The Kier molecular flexibility index (Phi) is 16.8. The van der Waals surface area contributed by atoms with Crippen LogP contribution in [0.1, 0.15) is 108 Å². The van der Waals surface area contributed by atoms with Crippen molar-refractivity contribution >= 4 is 11.9 Å². The standard InChI is InChI=1S/C47H60F2O7/c1-7-20-47(29-50,30-51)21-24-54-44-37(10-8-22-55-45(52)31(2)3)25-39(26-38(44)11-9-23-56-46(53)32(4)5)41-19-17-36(28-43(41)49)40-18-16-35(27-42(40)48)34-14-12-33(6)13-15-34/h16-19,25-28,33-34,50-51H,2,4,7-15,20-24,29-30H2,1,3,5-6H3. The van der Waals surface area contributed by atoms with E-state index in [1.807, 2.05) is 25.1 Å². The monoisotopic (exact) mass is 774 g/mol. The molecule has 0 heterocycles. The number of rotatable bonds is 21. The quantitative estimate of drug-likeness (QED) is 0.0631. The third kappa shape index (κ3) is 12.1. The highest BCUT2D eigenvalue weighted by Crippen LogP contribution is 2.39. The Bertz CT molecular complexity index is 1770. The maximum absolute atomic E-state index is 16.2. The number of benzene rings is 3. The average molecular weight is 775 g/mol. The third-order valence-corrected chi connectivity index (χ3v) is 11.0. The third-order valence-electron chi connectivity index (χ3n) is 11.0. The molecular formula is C47H60F2O7. The van der Waals surface area contributed by atoms with E-state index in [1.165, 1.54) is 6.07 Å². The molecule has 0 saturated heterocycles. The van der Waals surface area contributed by atoms with Crippen LogP contribution in [0.3, 0.4) is 0 Å². The number of esters is 2. The minimum atomic E-state index is -0.707. The molecule has 1 saturated carbocycles. The number of aryl methyl sites for hydroxylation is 2. The van der Waals surface area contributed by atoms with Gasteiger partial charge in [0.1, 0.15) is 17.4 Å². The first-order valence-corrected chi connectivity index (χ1v) is 20.1. The Balaban J connectivity index is 1.69. The molecule has 0 bridgehead atoms. The lowest BCUT2D eigenvalue weighted by Gasteiger charge is -2.30. The van der Waals surface area contributed by atoms with Crippen LogP contribution in [0.2, 0.25) is 0 Å². The second kappa shape index (κ2) is 21.3. The number of hydrogen-bond acceptors (Lipinski definition) is 7. The van der Waals surface area contributed by atoms with Gasteiger partial charge >= 0.3 is 11.9 Å². The Morgan fingerprint density at radius 3 is 1.79 bits per heavy atom. The number of aliphatic hydroxyl groups excluding tert-OH is 2. The summed E-state index contributed by atoms with van der Waals surface area (Å²) in [4.78, 5) is 24.2. The van der Waals surface area contributed by atoms with E-state index < -0.39 is 23.2 Å². The highest BCUT2D eigenvalue weighted by atomic mass is 19.1. The Morgan fingerprint density at radius 1 is 0.750 bits per heavy atom. The summed E-state index contributed by atoms with van der Waals surface area (Å²) in [5, 5.41) is 20.3. The average Bonchev–Trinajstić information content (AvgIpc) is 3.18. The van der Waals surface area contributed by atoms with Gasteiger partial charge in [-0.25, -0.2) is 18.4 Å². The highest BCUT2D eigenvalue weighted by Gasteiger charge is 2.28. The lowest BCUT2D eigenvalue weighted by molar-refractivity contribution is -0.139. The van der Waals surface area contributed by atoms with Gasteiger partial charge in [-0.1, -0.05) is 70.5 Å². The predicted octanol–water partition coefficient (Wildman–Crippen LogP) is 10.2. The van der Waals surface area contributed by atoms with Gasteiger partial charge in [0.2, 0.25) is 0 Å². The van der Waals surface area contributed by atoms with Gasteiger partial charge in [0, 0.05) is 27.7 Å². The number of ether oxygens (including phenoxy) is 3. The zero-order chi connectivity index (χ0) is 40.8. The lowest BCUT2D eigenvalue weighted by atomic mass is 9.79. The minimum absolute atomic E-state index is 0.128. The van der Waals surface area contributed by atoms with Crippen molar-refractivity contribution in [3.8, 4) is 28.0 Å². The summed E-state index contributed by atoms with van der Waals surface area (Å²) < 4.78 is 49.0. The fraction of sp³-hybridized carbons (Fsp3) is 0.489. The van der Waals surface area contributed by atoms with Crippen LogP contribution < -0.4 is 4.74 Å². The van der Waals surface area contributed by atoms with Crippen molar-refractivity contribution in [3.05, 3.63) is 101 Å². The maximum Gasteiger partial charge on any atom is 0.333 e. The summed E-state index contributed by atoms with van der Waals surface area (Å²) in [6.45, 7) is 14.8. The first-order chi connectivity index (χ1) is 26.8. The van der Waals surface area contributed by atoms with Gasteiger partial charge in [0.25, 0.3) is 0 Å². The van der Waals surface area contributed by atoms with Crippen LogP contribution in [0.25, 0.3) is 22.3 Å². The molecule has 1 aliphatic carbocycles. The molecule has 3 aromatic carbocycles. The summed E-state index contributed by atoms with van der Waals surface area (Å²) in [5.74, 6) is -0.263. The smallest absolute Gasteiger partial charge is 0.333 e. The molecule has 0 amide bonds. The lowest BCUT2D eigenvalue weighted by Crippen LogP contribution is -2.31. The molecule has 0 unspecified atom stereocenters. The Morgan fingerprint density at radius 2 is 1.29 bits per heavy atom. The van der Waals surface area contributed by atoms with Gasteiger partial charge in [0.15, 0.2) is 0 Å². The number of aliphatic hydroxyl groups is 2. The molecule has 0 aliphatic heterocycles. The van der Waals surface area contributed by atoms with Crippen LogP contribution in [-0.2, 0) is 31.9 Å². The molecule has 0 atom stereocenters. The summed E-state index contributed by atoms with van der Waals surface area (Å²) in [6, 6.07) is 13.8. The van der Waals surface area contributed by atoms with Crippen molar-refractivity contribution < 1.29 is 42.8 Å². The van der Waals surface area contributed by atoms with Gasteiger partial charge in [-0.3, -0.25) is 0 Å². The van der Waals surface area contributed by atoms with Crippen molar-refractivity contribution in [3.63, 3.8) is 0 Å². The first-order valence-electron chi connectivity index (χ1n) is 20.1. The molecule has 1 aliphatic rings. The number of hydrogen-bond donors (Lipinski definition) is 2. The molecule has 304 valence electrons. The van der Waals surface area contributed by atoms with Gasteiger partial charge in [-0.15, -0.1) is 0 Å². The topological polar surface area (TPSA) is 102 Å². The van der Waals surface area contributed by atoms with E-state index in [9.17, 15) is 19.8 Å². The van der Waals surface area contributed by atoms with Crippen molar-refractivity contribution in [1.29, 1.82) is 0 Å². The van der Waals surface area contributed by atoms with E-state index in [0.717, 1.165) is 48.8 Å². The molecule has 3 aromatic rings. The van der Waals surface area contributed by atoms with Crippen LogP contribution in [0.5, 0.6) is 5.75 Å². The van der Waals surface area contributed by atoms with Crippen LogP contribution in [-0.4, -0.2) is 55.2 Å². The Hall–Kier alpha value is -4.34. The fourth-order valence-corrected chi connectivity index (χ4v) is 7.49. The molecule has 0 radical (unpaired) electrons. The van der Waals surface area contributed by atoms with Gasteiger partial charge in [-0.2, -0.15) is 0 Å². The van der Waals surface area contributed by atoms with Gasteiger partial charge in [0.05, 0.1) is 33.0 Å². The van der Waals surface area contributed by atoms with Crippen LogP contribution >= 0.6 is 0 Å². The molecule has 56 heavy (non-hydrogen) atoms. The molecular weight excluding hydrogens is 715 g/mol. The van der Waals surface area contributed by atoms with E-state index in [1.54, 1.807) is 38.1 Å². The summed E-state index contributed by atoms with van der Waals surface area (Å²) >= 11 is 0. The van der Waals surface area contributed by atoms with E-state index in [4.69, 9.17) is 14.2 Å². The van der Waals surface area contributed by atoms with Crippen LogP contribution in [0, 0.1) is 23.0 Å². The molecule has 2 N–H and O–H groups in total. The first kappa shape index (κ1) is 44.4. The van der Waals surface area contributed by atoms with E-state index >= 15 is 8.78 Å². The number of carbonyl (C=O) groups is 2. The van der Waals surface area contributed by atoms with Gasteiger partial charge < -0.3 is 24.4 Å². The maximum atomic E-state index is 16.2. The largest absolute Gasteiger partial charge is 0.493 e. The highest BCUT2D eigenvalue weighted by molar-refractivity contribution is 5.87. The predicted molar refractivity (Wildman–Crippen MR) is 217 cm³/mol. The van der Waals surface area contributed by atoms with E-state index in [2.05, 4.69) is 20.1 Å². The van der Waals surface area contributed by atoms with Crippen LogP contribution in [0.15, 0.2) is 72.8 Å². The second-order valence-corrected chi connectivity index (χ2v) is 15.7. The molecule has 1 fully saturated rings. The van der Waals surface area contributed by atoms with Crippen LogP contribution in [0.4, 0.5) is 8.78 Å². The van der Waals surface area contributed by atoms with Crippen molar-refractivity contribution in [1.82, 2.24) is 0 Å². The summed E-state index contributed by atoms with van der Waals surface area (Å²) in [7, 11) is 0. The van der Waals surface area contributed by atoms with Crippen molar-refractivity contribution in [2.45, 2.75) is 104 Å². The summed E-state index contributed by atoms with van der Waals surface area (Å²) in [6.07, 6.45) is 7.87. The molecule has 4 rings (SSSR count). The molecule has 9 heteroatoms. The Labute approximate surface area is 331 Å². The minimum Gasteiger partial charge on any atom is -0.493 e. The van der Waals surface area contributed by atoms with Crippen molar-refractivity contribution in [2.24, 2.45) is 11.3 Å². The number of carbonyl (C=O) groups excluding carboxylic acids is 2. The molecule has 0 spiro atoms. The van der Waals surface area contributed by atoms with Gasteiger partial charge in [-0.05, 0) is 129 Å². The zero-order valence-corrected chi connectivity index (χ0v) is 33.7. The molecule has 0 aromatic heterocycles. The molecule has 7 nitrogen and oxygen atoms in total. The van der Waals surface area contributed by atoms with E-state index in [0.29, 0.717) is 89.5 Å². The summed E-state index contributed by atoms with van der Waals surface area (Å²) in [5.41, 5.74) is 4.05. The normalized spacial score (nSPS) is 15.6. The second-order valence-electron chi connectivity index (χ2n) is 15.7. The fourth-order valence-electron chi connectivity index (χ4n) is 7.49. The van der Waals surface area contributed by atoms with Crippen molar-refractivity contribution in [2.75, 3.05) is 33.0 Å².